The number of rotatable bonds is 5. The van der Waals surface area contributed by atoms with E-state index in [-0.39, 0.29) is 17.3 Å². The van der Waals surface area contributed by atoms with Crippen LogP contribution in [0, 0.1) is 0 Å². The number of carbonyl (C=O) groups is 1. The van der Waals surface area contributed by atoms with Crippen LogP contribution in [0.1, 0.15) is 39.6 Å². The molecule has 3 N–H and O–H groups in total. The first-order valence-electron chi connectivity index (χ1n) is 6.92. The monoisotopic (exact) mass is 336 g/mol. The third-order valence-electron chi connectivity index (χ3n) is 3.60. The summed E-state index contributed by atoms with van der Waals surface area (Å²) < 4.78 is 22.7. The minimum absolute atomic E-state index is 0.0500. The van der Waals surface area contributed by atoms with Crippen LogP contribution in [0.3, 0.4) is 0 Å². The Balaban J connectivity index is 1.70. The van der Waals surface area contributed by atoms with Crippen LogP contribution in [-0.4, -0.2) is 14.3 Å². The molecule has 0 radical (unpaired) electrons. The maximum atomic E-state index is 12.3. The van der Waals surface area contributed by atoms with E-state index >= 15 is 0 Å². The number of hydrogen-bond donors (Lipinski definition) is 2. The quantitative estimate of drug-likeness (QED) is 0.877. The van der Waals surface area contributed by atoms with E-state index in [0.717, 1.165) is 23.3 Å². The molecule has 0 bridgehead atoms. The fourth-order valence-electron chi connectivity index (χ4n) is 2.31. The molecule has 116 valence electrons. The van der Waals surface area contributed by atoms with Gasteiger partial charge in [-0.1, -0.05) is 12.1 Å². The van der Waals surface area contributed by atoms with Gasteiger partial charge in [-0.3, -0.25) is 4.79 Å². The van der Waals surface area contributed by atoms with E-state index in [1.807, 2.05) is 11.4 Å². The number of hydrogen-bond acceptors (Lipinski definition) is 4. The Morgan fingerprint density at radius 3 is 2.77 bits per heavy atom. The van der Waals surface area contributed by atoms with Crippen molar-refractivity contribution in [3.05, 3.63) is 51.7 Å². The molecule has 1 amide bonds. The highest BCUT2D eigenvalue weighted by molar-refractivity contribution is 7.89. The zero-order chi connectivity index (χ0) is 15.7. The van der Waals surface area contributed by atoms with Gasteiger partial charge in [-0.2, -0.15) is 0 Å². The Morgan fingerprint density at radius 1 is 1.32 bits per heavy atom. The third kappa shape index (κ3) is 3.37. The minimum Gasteiger partial charge on any atom is -0.347 e. The molecule has 1 saturated carbocycles. The normalized spacial score (nSPS) is 14.8. The van der Waals surface area contributed by atoms with Gasteiger partial charge in [0.05, 0.1) is 9.77 Å². The smallest absolute Gasteiger partial charge is 0.261 e. The van der Waals surface area contributed by atoms with Gasteiger partial charge in [0.25, 0.3) is 5.91 Å². The molecule has 5 nitrogen and oxygen atoms in total. The van der Waals surface area contributed by atoms with Crippen molar-refractivity contribution in [3.8, 4) is 0 Å². The summed E-state index contributed by atoms with van der Waals surface area (Å²) in [6.07, 6.45) is 2.29. The van der Waals surface area contributed by atoms with Crippen LogP contribution in [0.25, 0.3) is 0 Å². The maximum absolute atomic E-state index is 12.3. The molecule has 1 heterocycles. The van der Waals surface area contributed by atoms with Gasteiger partial charge >= 0.3 is 0 Å². The summed E-state index contributed by atoms with van der Waals surface area (Å²) in [6, 6.07) is 8.29. The zero-order valence-corrected chi connectivity index (χ0v) is 13.4. The molecule has 0 saturated heterocycles. The van der Waals surface area contributed by atoms with Crippen molar-refractivity contribution >= 4 is 27.3 Å². The second-order valence-corrected chi connectivity index (χ2v) is 7.83. The van der Waals surface area contributed by atoms with Crippen LogP contribution < -0.4 is 10.5 Å². The molecule has 1 aromatic heterocycles. The molecule has 1 fully saturated rings. The lowest BCUT2D eigenvalue weighted by atomic mass is 10.1. The Morgan fingerprint density at radius 2 is 2.09 bits per heavy atom. The largest absolute Gasteiger partial charge is 0.347 e. The molecule has 1 aliphatic rings. The molecule has 0 atom stereocenters. The van der Waals surface area contributed by atoms with Crippen molar-refractivity contribution in [3.63, 3.8) is 0 Å². The first kappa shape index (κ1) is 15.2. The van der Waals surface area contributed by atoms with Crippen molar-refractivity contribution in [1.82, 2.24) is 5.32 Å². The van der Waals surface area contributed by atoms with Crippen LogP contribution in [0.4, 0.5) is 0 Å². The second-order valence-electron chi connectivity index (χ2n) is 5.35. The summed E-state index contributed by atoms with van der Waals surface area (Å²) in [4.78, 5) is 13.1. The number of carbonyl (C=O) groups excluding carboxylic acids is 1. The zero-order valence-electron chi connectivity index (χ0n) is 11.8. The number of sulfonamides is 1. The van der Waals surface area contributed by atoms with Gasteiger partial charge in [0.15, 0.2) is 0 Å². The molecule has 0 unspecified atom stereocenters. The van der Waals surface area contributed by atoms with Gasteiger partial charge in [-0.25, -0.2) is 13.6 Å². The highest BCUT2D eigenvalue weighted by Gasteiger charge is 2.28. The van der Waals surface area contributed by atoms with Crippen LogP contribution in [-0.2, 0) is 16.6 Å². The van der Waals surface area contributed by atoms with E-state index < -0.39 is 10.0 Å². The molecule has 1 aliphatic carbocycles. The van der Waals surface area contributed by atoms with Gasteiger partial charge in [0, 0.05) is 6.54 Å². The Bertz CT molecular complexity index is 808. The van der Waals surface area contributed by atoms with Gasteiger partial charge in [0.1, 0.15) is 0 Å². The number of nitrogens with one attached hydrogen (secondary N) is 1. The summed E-state index contributed by atoms with van der Waals surface area (Å²) in [6.45, 7) is 0.268. The Labute approximate surface area is 133 Å². The molecule has 7 heteroatoms. The van der Waals surface area contributed by atoms with E-state index in [9.17, 15) is 13.2 Å². The lowest BCUT2D eigenvalue weighted by Crippen LogP contribution is -2.23. The van der Waals surface area contributed by atoms with Gasteiger partial charge in [-0.15, -0.1) is 11.3 Å². The van der Waals surface area contributed by atoms with E-state index in [1.54, 1.807) is 12.1 Å². The molecule has 22 heavy (non-hydrogen) atoms. The van der Waals surface area contributed by atoms with Crippen molar-refractivity contribution < 1.29 is 13.2 Å². The molecule has 0 aliphatic heterocycles. The average Bonchev–Trinajstić information content (AvgIpc) is 3.21. The molecule has 2 aromatic rings. The lowest BCUT2D eigenvalue weighted by Gasteiger charge is -2.07. The Kier molecular flexibility index (Phi) is 4.03. The highest BCUT2D eigenvalue weighted by Crippen LogP contribution is 2.43. The van der Waals surface area contributed by atoms with Crippen molar-refractivity contribution in [2.24, 2.45) is 5.14 Å². The molecular weight excluding hydrogens is 320 g/mol. The highest BCUT2D eigenvalue weighted by atomic mass is 32.2. The number of benzene rings is 1. The summed E-state index contributed by atoms with van der Waals surface area (Å²) >= 11 is 1.44. The van der Waals surface area contributed by atoms with Crippen LogP contribution in [0.2, 0.25) is 0 Å². The van der Waals surface area contributed by atoms with Crippen LogP contribution in [0.15, 0.2) is 40.6 Å². The summed E-state index contributed by atoms with van der Waals surface area (Å²) in [5, 5.41) is 9.88. The summed E-state index contributed by atoms with van der Waals surface area (Å²) in [5.41, 5.74) is 1.82. The van der Waals surface area contributed by atoms with Gasteiger partial charge in [-0.05, 0) is 53.5 Å². The fourth-order valence-corrected chi connectivity index (χ4v) is 3.80. The van der Waals surface area contributed by atoms with Crippen molar-refractivity contribution in [2.75, 3.05) is 0 Å². The fraction of sp³-hybridized carbons (Fsp3) is 0.267. The molecule has 3 rings (SSSR count). The summed E-state index contributed by atoms with van der Waals surface area (Å²) in [7, 11) is -3.73. The average molecular weight is 336 g/mol. The Hall–Kier alpha value is -1.70. The van der Waals surface area contributed by atoms with E-state index in [2.05, 4.69) is 5.32 Å². The second kappa shape index (κ2) is 5.83. The van der Waals surface area contributed by atoms with Crippen molar-refractivity contribution in [2.45, 2.75) is 30.2 Å². The first-order valence-corrected chi connectivity index (χ1v) is 9.35. The lowest BCUT2D eigenvalue weighted by molar-refractivity contribution is 0.0954. The number of nitrogens with two attached hydrogens (primary N) is 1. The third-order valence-corrected chi connectivity index (χ3v) is 5.44. The molecule has 1 aromatic carbocycles. The molecule has 0 spiro atoms. The van der Waals surface area contributed by atoms with E-state index in [4.69, 9.17) is 5.14 Å². The van der Waals surface area contributed by atoms with Crippen LogP contribution >= 0.6 is 11.3 Å². The van der Waals surface area contributed by atoms with Crippen LogP contribution in [0.5, 0.6) is 0 Å². The predicted molar refractivity (Wildman–Crippen MR) is 85.3 cm³/mol. The SMILES string of the molecule is NS(=O)(=O)c1cccc(CNC(=O)c2sccc2C2CC2)c1. The van der Waals surface area contributed by atoms with Gasteiger partial charge in [0.2, 0.25) is 10.0 Å². The topological polar surface area (TPSA) is 89.3 Å². The number of amides is 1. The maximum Gasteiger partial charge on any atom is 0.261 e. The summed E-state index contributed by atoms with van der Waals surface area (Å²) in [5.74, 6) is 0.413. The van der Waals surface area contributed by atoms with Gasteiger partial charge < -0.3 is 5.32 Å². The van der Waals surface area contributed by atoms with E-state index in [0.29, 0.717) is 11.5 Å². The first-order chi connectivity index (χ1) is 10.4. The standard InChI is InChI=1S/C15H16N2O3S2/c16-22(19,20)12-3-1-2-10(8-12)9-17-15(18)14-13(6-7-21-14)11-4-5-11/h1-3,6-8,11H,4-5,9H2,(H,17,18)(H2,16,19,20). The van der Waals surface area contributed by atoms with E-state index in [1.165, 1.54) is 23.5 Å². The number of primary sulfonamides is 1. The molecular formula is C15H16N2O3S2. The predicted octanol–water partition coefficient (Wildman–Crippen LogP) is 2.20. The minimum atomic E-state index is -3.73. The number of thiophene rings is 1. The van der Waals surface area contributed by atoms with Crippen molar-refractivity contribution in [1.29, 1.82) is 0 Å².